The van der Waals surface area contributed by atoms with Crippen molar-refractivity contribution in [2.45, 2.75) is 0 Å². The third-order valence-electron chi connectivity index (χ3n) is 3.05. The molecule has 102 valence electrons. The van der Waals surface area contributed by atoms with E-state index < -0.39 is 11.8 Å². The number of amides is 2. The van der Waals surface area contributed by atoms with E-state index in [2.05, 4.69) is 15.3 Å². The van der Waals surface area contributed by atoms with Gasteiger partial charge in [0.2, 0.25) is 0 Å². The molecule has 2 amide bonds. The van der Waals surface area contributed by atoms with Crippen molar-refractivity contribution in [3.63, 3.8) is 0 Å². The molecule has 1 aromatic heterocycles. The minimum absolute atomic E-state index is 0.00798. The normalized spacial score (nSPS) is 15.1. The van der Waals surface area contributed by atoms with Crippen LogP contribution in [-0.2, 0) is 9.59 Å². The highest BCUT2D eigenvalue weighted by Crippen LogP contribution is 2.23. The van der Waals surface area contributed by atoms with Gasteiger partial charge in [-0.1, -0.05) is 6.07 Å². The van der Waals surface area contributed by atoms with Crippen LogP contribution < -0.4 is 5.32 Å². The Morgan fingerprint density at radius 1 is 1.35 bits per heavy atom. The van der Waals surface area contributed by atoms with Gasteiger partial charge in [-0.2, -0.15) is 0 Å². The molecule has 0 fully saturated rings. The largest absolute Gasteiger partial charge is 0.395 e. The first-order valence-electron chi connectivity index (χ1n) is 6.08. The number of rotatable bonds is 4. The maximum Gasteiger partial charge on any atom is 0.277 e. The maximum absolute atomic E-state index is 12.0. The number of aromatic nitrogens is 2. The van der Waals surface area contributed by atoms with Gasteiger partial charge >= 0.3 is 0 Å². The molecule has 0 aliphatic carbocycles. The molecule has 3 N–H and O–H groups in total. The molecule has 0 bridgehead atoms. The third kappa shape index (κ3) is 1.94. The number of aliphatic hydroxyl groups is 1. The molecule has 0 radical (unpaired) electrons. The summed E-state index contributed by atoms with van der Waals surface area (Å²) in [5, 5.41) is 11.8. The first kappa shape index (κ1) is 12.4. The number of para-hydroxylation sites is 1. The van der Waals surface area contributed by atoms with Crippen molar-refractivity contribution >= 4 is 28.5 Å². The second kappa shape index (κ2) is 4.78. The van der Waals surface area contributed by atoms with Crippen LogP contribution >= 0.6 is 0 Å². The van der Waals surface area contributed by atoms with Crippen LogP contribution in [0.5, 0.6) is 0 Å². The summed E-state index contributed by atoms with van der Waals surface area (Å²) >= 11 is 0. The van der Waals surface area contributed by atoms with E-state index >= 15 is 0 Å². The Bertz CT molecular complexity index is 719. The van der Waals surface area contributed by atoms with Crippen molar-refractivity contribution in [2.75, 3.05) is 18.5 Å². The fourth-order valence-electron chi connectivity index (χ4n) is 2.12. The lowest BCUT2D eigenvalue weighted by molar-refractivity contribution is -0.137. The molecule has 2 heterocycles. The molecule has 20 heavy (non-hydrogen) atoms. The standard InChI is InChI=1S/C13H12N4O3/c18-5-4-17-11(19)6-10(13(17)20)16-9-3-1-2-8-12(9)15-7-14-8/h1-3,6-7,16,18H,4-5H2,(H,14,15). The summed E-state index contributed by atoms with van der Waals surface area (Å²) in [4.78, 5) is 31.8. The van der Waals surface area contributed by atoms with Crippen LogP contribution in [0.3, 0.4) is 0 Å². The number of hydrogen-bond donors (Lipinski definition) is 3. The van der Waals surface area contributed by atoms with Crippen molar-refractivity contribution in [3.05, 3.63) is 36.3 Å². The molecular weight excluding hydrogens is 260 g/mol. The molecule has 0 atom stereocenters. The summed E-state index contributed by atoms with van der Waals surface area (Å²) in [5.74, 6) is -0.877. The molecule has 2 aromatic rings. The smallest absolute Gasteiger partial charge is 0.277 e. The molecule has 1 aromatic carbocycles. The van der Waals surface area contributed by atoms with Gasteiger partial charge < -0.3 is 15.4 Å². The van der Waals surface area contributed by atoms with Gasteiger partial charge in [0.15, 0.2) is 0 Å². The topological polar surface area (TPSA) is 98.3 Å². The van der Waals surface area contributed by atoms with Crippen LogP contribution in [0.1, 0.15) is 0 Å². The maximum atomic E-state index is 12.0. The van der Waals surface area contributed by atoms with Crippen LogP contribution in [0.2, 0.25) is 0 Å². The average molecular weight is 272 g/mol. The van der Waals surface area contributed by atoms with Crippen LogP contribution in [-0.4, -0.2) is 44.9 Å². The third-order valence-corrected chi connectivity index (χ3v) is 3.05. The zero-order valence-corrected chi connectivity index (χ0v) is 10.5. The van der Waals surface area contributed by atoms with Gasteiger partial charge in [-0.3, -0.25) is 14.5 Å². The summed E-state index contributed by atoms with van der Waals surface area (Å²) in [6.07, 6.45) is 2.79. The minimum atomic E-state index is -0.448. The summed E-state index contributed by atoms with van der Waals surface area (Å²) in [7, 11) is 0. The Hall–Kier alpha value is -2.67. The van der Waals surface area contributed by atoms with Gasteiger partial charge in [0.25, 0.3) is 11.8 Å². The molecule has 0 spiro atoms. The fourth-order valence-corrected chi connectivity index (χ4v) is 2.12. The van der Waals surface area contributed by atoms with Crippen molar-refractivity contribution in [1.82, 2.24) is 14.9 Å². The summed E-state index contributed by atoms with van der Waals surface area (Å²) in [6.45, 7) is -0.264. The predicted molar refractivity (Wildman–Crippen MR) is 71.6 cm³/mol. The van der Waals surface area contributed by atoms with Crippen molar-refractivity contribution in [1.29, 1.82) is 0 Å². The number of imide groups is 1. The van der Waals surface area contributed by atoms with E-state index in [9.17, 15) is 9.59 Å². The van der Waals surface area contributed by atoms with E-state index in [0.29, 0.717) is 11.2 Å². The molecule has 1 aliphatic heterocycles. The molecule has 0 saturated carbocycles. The average Bonchev–Trinajstić information content (AvgIpc) is 3.00. The van der Waals surface area contributed by atoms with Gasteiger partial charge in [-0.05, 0) is 12.1 Å². The van der Waals surface area contributed by atoms with Gasteiger partial charge in [-0.25, -0.2) is 4.98 Å². The van der Waals surface area contributed by atoms with Crippen LogP contribution in [0, 0.1) is 0 Å². The number of anilines is 1. The number of β-amino-alcohol motifs (C(OH)–C–C–N with tert-alkyl or cyclic N) is 1. The summed E-state index contributed by atoms with van der Waals surface area (Å²) in [5.41, 5.74) is 2.34. The molecular formula is C13H12N4O3. The molecule has 7 heteroatoms. The molecule has 0 saturated heterocycles. The van der Waals surface area contributed by atoms with Gasteiger partial charge in [0.1, 0.15) is 11.2 Å². The Kier molecular flexibility index (Phi) is 2.96. The first-order valence-corrected chi connectivity index (χ1v) is 6.08. The zero-order valence-electron chi connectivity index (χ0n) is 10.5. The molecule has 1 aliphatic rings. The highest BCUT2D eigenvalue weighted by atomic mass is 16.3. The lowest BCUT2D eigenvalue weighted by Crippen LogP contribution is -2.34. The Morgan fingerprint density at radius 2 is 2.20 bits per heavy atom. The van der Waals surface area contributed by atoms with E-state index in [1.54, 1.807) is 12.4 Å². The summed E-state index contributed by atoms with van der Waals surface area (Å²) < 4.78 is 0. The monoisotopic (exact) mass is 272 g/mol. The van der Waals surface area contributed by atoms with E-state index in [1.165, 1.54) is 6.08 Å². The Morgan fingerprint density at radius 3 is 3.00 bits per heavy atom. The number of hydrogen-bond acceptors (Lipinski definition) is 5. The number of carbonyl (C=O) groups excluding carboxylic acids is 2. The number of nitrogens with one attached hydrogen (secondary N) is 2. The SMILES string of the molecule is O=C1C=C(Nc2cccc3[nH]cnc23)C(=O)N1CCO. The number of carbonyl (C=O) groups is 2. The lowest BCUT2D eigenvalue weighted by atomic mass is 10.2. The van der Waals surface area contributed by atoms with Crippen molar-refractivity contribution < 1.29 is 14.7 Å². The van der Waals surface area contributed by atoms with Crippen molar-refractivity contribution in [2.24, 2.45) is 0 Å². The summed E-state index contributed by atoms with van der Waals surface area (Å²) in [6, 6.07) is 5.45. The van der Waals surface area contributed by atoms with Crippen molar-refractivity contribution in [3.8, 4) is 0 Å². The second-order valence-electron chi connectivity index (χ2n) is 4.31. The second-order valence-corrected chi connectivity index (χ2v) is 4.31. The van der Waals surface area contributed by atoms with E-state index in [-0.39, 0.29) is 18.8 Å². The number of aliphatic hydroxyl groups excluding tert-OH is 1. The van der Waals surface area contributed by atoms with E-state index in [4.69, 9.17) is 5.11 Å². The van der Waals surface area contributed by atoms with Crippen LogP contribution in [0.15, 0.2) is 36.3 Å². The lowest BCUT2D eigenvalue weighted by Gasteiger charge is -2.13. The van der Waals surface area contributed by atoms with E-state index in [1.807, 2.05) is 12.1 Å². The van der Waals surface area contributed by atoms with Gasteiger partial charge in [-0.15, -0.1) is 0 Å². The number of aromatic amines is 1. The van der Waals surface area contributed by atoms with Gasteiger partial charge in [0.05, 0.1) is 30.7 Å². The predicted octanol–water partition coefficient (Wildman–Crippen LogP) is 0.220. The van der Waals surface area contributed by atoms with E-state index in [0.717, 1.165) is 10.4 Å². The minimum Gasteiger partial charge on any atom is -0.395 e. The number of benzene rings is 1. The van der Waals surface area contributed by atoms with Crippen LogP contribution in [0.25, 0.3) is 11.0 Å². The number of fused-ring (bicyclic) bond motifs is 1. The zero-order chi connectivity index (χ0) is 14.1. The number of imidazole rings is 1. The van der Waals surface area contributed by atoms with Gasteiger partial charge in [0, 0.05) is 6.08 Å². The molecule has 7 nitrogen and oxygen atoms in total. The molecule has 3 rings (SSSR count). The fraction of sp³-hybridized carbons (Fsp3) is 0.154. The number of H-pyrrole nitrogens is 1. The first-order chi connectivity index (χ1) is 9.70. The highest BCUT2D eigenvalue weighted by molar-refractivity contribution is 6.17. The Labute approximate surface area is 113 Å². The molecule has 0 unspecified atom stereocenters. The number of nitrogens with zero attached hydrogens (tertiary/aromatic N) is 2. The quantitative estimate of drug-likeness (QED) is 0.692. The Balaban J connectivity index is 1.89. The van der Waals surface area contributed by atoms with Crippen LogP contribution in [0.4, 0.5) is 5.69 Å². The highest BCUT2D eigenvalue weighted by Gasteiger charge is 2.30.